The normalized spacial score (nSPS) is 10.8. The number of amides is 1. The molecule has 5 nitrogen and oxygen atoms in total. The van der Waals surface area contributed by atoms with Gasteiger partial charge in [-0.3, -0.25) is 4.79 Å². The van der Waals surface area contributed by atoms with Crippen LogP contribution in [0.1, 0.15) is 15.9 Å². The van der Waals surface area contributed by atoms with Gasteiger partial charge in [0.2, 0.25) is 0 Å². The molecule has 0 aliphatic carbocycles. The van der Waals surface area contributed by atoms with E-state index in [2.05, 4.69) is 10.5 Å². The fourth-order valence-corrected chi connectivity index (χ4v) is 2.22. The van der Waals surface area contributed by atoms with E-state index in [0.717, 1.165) is 5.69 Å². The van der Waals surface area contributed by atoms with Crippen molar-refractivity contribution < 1.29 is 9.90 Å². The number of carbonyl (C=O) groups is 1. The summed E-state index contributed by atoms with van der Waals surface area (Å²) in [6.45, 7) is 0. The summed E-state index contributed by atoms with van der Waals surface area (Å²) in [7, 11) is 0. The Bertz CT molecular complexity index is 839. The molecule has 5 heteroatoms. The molecular weight excluding hydrogens is 290 g/mol. The third-order valence-electron chi connectivity index (χ3n) is 3.28. The molecule has 0 saturated carbocycles. The monoisotopic (exact) mass is 305 g/mol. The van der Waals surface area contributed by atoms with Crippen molar-refractivity contribution >= 4 is 12.1 Å². The highest BCUT2D eigenvalue weighted by molar-refractivity contribution is 5.98. The lowest BCUT2D eigenvalue weighted by Gasteiger charge is -2.08. The Morgan fingerprint density at radius 1 is 1.04 bits per heavy atom. The lowest BCUT2D eigenvalue weighted by atomic mass is 10.1. The van der Waals surface area contributed by atoms with Crippen molar-refractivity contribution in [2.75, 3.05) is 0 Å². The van der Waals surface area contributed by atoms with Crippen LogP contribution in [0, 0.1) is 0 Å². The topological polar surface area (TPSA) is 66.6 Å². The van der Waals surface area contributed by atoms with Crippen molar-refractivity contribution in [3.8, 4) is 11.4 Å². The van der Waals surface area contributed by atoms with Crippen molar-refractivity contribution in [1.29, 1.82) is 0 Å². The number of aromatic hydroxyl groups is 1. The first-order valence-corrected chi connectivity index (χ1v) is 7.09. The van der Waals surface area contributed by atoms with Crippen LogP contribution in [0.3, 0.4) is 0 Å². The molecule has 0 bridgehead atoms. The third-order valence-corrected chi connectivity index (χ3v) is 3.28. The Kier molecular flexibility index (Phi) is 4.20. The number of rotatable bonds is 4. The Labute approximate surface area is 133 Å². The highest BCUT2D eigenvalue weighted by Gasteiger charge is 2.10. The second kappa shape index (κ2) is 6.62. The van der Waals surface area contributed by atoms with Gasteiger partial charge in [0.1, 0.15) is 5.75 Å². The van der Waals surface area contributed by atoms with E-state index in [9.17, 15) is 9.90 Å². The van der Waals surface area contributed by atoms with E-state index in [0.29, 0.717) is 11.1 Å². The van der Waals surface area contributed by atoms with Crippen LogP contribution in [0.2, 0.25) is 0 Å². The zero-order chi connectivity index (χ0) is 16.1. The minimum atomic E-state index is -0.300. The van der Waals surface area contributed by atoms with Gasteiger partial charge in [-0.25, -0.2) is 5.43 Å². The fourth-order valence-electron chi connectivity index (χ4n) is 2.22. The fraction of sp³-hybridized carbons (Fsp3) is 0. The Morgan fingerprint density at radius 3 is 2.61 bits per heavy atom. The van der Waals surface area contributed by atoms with Crippen molar-refractivity contribution in [3.05, 3.63) is 84.2 Å². The van der Waals surface area contributed by atoms with Crippen molar-refractivity contribution in [2.24, 2.45) is 5.10 Å². The zero-order valence-electron chi connectivity index (χ0n) is 12.3. The predicted molar refractivity (Wildman–Crippen MR) is 88.9 cm³/mol. The average Bonchev–Trinajstić information content (AvgIpc) is 3.09. The minimum absolute atomic E-state index is 0.151. The Hall–Kier alpha value is -3.34. The molecule has 0 atom stereocenters. The van der Waals surface area contributed by atoms with Gasteiger partial charge in [-0.1, -0.05) is 24.3 Å². The maximum atomic E-state index is 12.3. The number of para-hydroxylation sites is 1. The number of aromatic nitrogens is 1. The SMILES string of the molecule is O=C(N/N=C\c1cccc(O)c1)c1ccccc1-n1cccc1. The molecule has 1 heterocycles. The number of benzene rings is 2. The van der Waals surface area contributed by atoms with Crippen molar-refractivity contribution in [1.82, 2.24) is 9.99 Å². The molecule has 0 radical (unpaired) electrons. The number of hydrogen-bond donors (Lipinski definition) is 2. The molecule has 0 spiro atoms. The molecule has 0 aliphatic heterocycles. The summed E-state index contributed by atoms with van der Waals surface area (Å²) < 4.78 is 1.87. The summed E-state index contributed by atoms with van der Waals surface area (Å²) in [6.07, 6.45) is 5.24. The molecule has 23 heavy (non-hydrogen) atoms. The largest absolute Gasteiger partial charge is 0.508 e. The lowest BCUT2D eigenvalue weighted by Crippen LogP contribution is -2.19. The number of carbonyl (C=O) groups excluding carboxylic acids is 1. The van der Waals surface area contributed by atoms with Gasteiger partial charge in [0.05, 0.1) is 17.5 Å². The minimum Gasteiger partial charge on any atom is -0.508 e. The van der Waals surface area contributed by atoms with Gasteiger partial charge < -0.3 is 9.67 Å². The zero-order valence-corrected chi connectivity index (χ0v) is 12.3. The summed E-state index contributed by atoms with van der Waals surface area (Å²) in [5.74, 6) is -0.149. The molecular formula is C18H15N3O2. The summed E-state index contributed by atoms with van der Waals surface area (Å²) in [4.78, 5) is 12.3. The highest BCUT2D eigenvalue weighted by Crippen LogP contribution is 2.14. The third kappa shape index (κ3) is 3.47. The Morgan fingerprint density at radius 2 is 1.83 bits per heavy atom. The molecule has 0 unspecified atom stereocenters. The smallest absolute Gasteiger partial charge is 0.273 e. The molecule has 3 aromatic rings. The summed E-state index contributed by atoms with van der Waals surface area (Å²) in [5.41, 5.74) is 4.51. The van der Waals surface area contributed by atoms with Crippen LogP contribution in [0.25, 0.3) is 5.69 Å². The van der Waals surface area contributed by atoms with Crippen LogP contribution < -0.4 is 5.43 Å². The molecule has 1 aromatic heterocycles. The maximum Gasteiger partial charge on any atom is 0.273 e. The van der Waals surface area contributed by atoms with Crippen LogP contribution in [0.15, 0.2) is 78.2 Å². The van der Waals surface area contributed by atoms with E-state index in [-0.39, 0.29) is 11.7 Å². The standard InChI is InChI=1S/C18H15N3O2/c22-15-7-5-6-14(12-15)13-19-20-18(23)16-8-1-2-9-17(16)21-10-3-4-11-21/h1-13,22H,(H,20,23)/b19-13-. The van der Waals surface area contributed by atoms with Crippen LogP contribution in [-0.2, 0) is 0 Å². The second-order valence-electron chi connectivity index (χ2n) is 4.90. The number of nitrogens with zero attached hydrogens (tertiary/aromatic N) is 2. The number of hydrazone groups is 1. The molecule has 3 rings (SSSR count). The Balaban J connectivity index is 1.77. The van der Waals surface area contributed by atoms with Crippen molar-refractivity contribution in [3.63, 3.8) is 0 Å². The van der Waals surface area contributed by atoms with Gasteiger partial charge in [-0.2, -0.15) is 5.10 Å². The van der Waals surface area contributed by atoms with Gasteiger partial charge in [-0.05, 0) is 42.0 Å². The summed E-state index contributed by atoms with van der Waals surface area (Å²) in [5, 5.41) is 13.3. The summed E-state index contributed by atoms with van der Waals surface area (Å²) in [6, 6.07) is 17.7. The second-order valence-corrected chi connectivity index (χ2v) is 4.90. The number of nitrogens with one attached hydrogen (secondary N) is 1. The van der Waals surface area contributed by atoms with Gasteiger partial charge >= 0.3 is 0 Å². The number of hydrogen-bond acceptors (Lipinski definition) is 3. The number of phenolic OH excluding ortho intramolecular Hbond substituents is 1. The van der Waals surface area contributed by atoms with E-state index >= 15 is 0 Å². The van der Waals surface area contributed by atoms with Crippen LogP contribution in [-0.4, -0.2) is 21.8 Å². The van der Waals surface area contributed by atoms with E-state index in [1.807, 2.05) is 41.2 Å². The molecule has 2 aromatic carbocycles. The van der Waals surface area contributed by atoms with E-state index < -0.39 is 0 Å². The van der Waals surface area contributed by atoms with E-state index in [1.165, 1.54) is 6.21 Å². The van der Waals surface area contributed by atoms with Crippen LogP contribution >= 0.6 is 0 Å². The quantitative estimate of drug-likeness (QED) is 0.575. The first kappa shape index (κ1) is 14.6. The van der Waals surface area contributed by atoms with Gasteiger partial charge in [0.25, 0.3) is 5.91 Å². The lowest BCUT2D eigenvalue weighted by molar-refractivity contribution is 0.0955. The molecule has 0 fully saturated rings. The molecule has 0 saturated heterocycles. The number of phenols is 1. The first-order chi connectivity index (χ1) is 11.2. The first-order valence-electron chi connectivity index (χ1n) is 7.09. The van der Waals surface area contributed by atoms with Gasteiger partial charge in [0.15, 0.2) is 0 Å². The van der Waals surface area contributed by atoms with Crippen LogP contribution in [0.4, 0.5) is 0 Å². The van der Waals surface area contributed by atoms with Crippen molar-refractivity contribution in [2.45, 2.75) is 0 Å². The van der Waals surface area contributed by atoms with E-state index in [1.54, 1.807) is 36.4 Å². The highest BCUT2D eigenvalue weighted by atomic mass is 16.3. The van der Waals surface area contributed by atoms with E-state index in [4.69, 9.17) is 0 Å². The van der Waals surface area contributed by atoms with Gasteiger partial charge in [0, 0.05) is 12.4 Å². The maximum absolute atomic E-state index is 12.3. The summed E-state index contributed by atoms with van der Waals surface area (Å²) >= 11 is 0. The predicted octanol–water partition coefficient (Wildman–Crippen LogP) is 2.95. The average molecular weight is 305 g/mol. The molecule has 1 amide bonds. The van der Waals surface area contributed by atoms with Gasteiger partial charge in [-0.15, -0.1) is 0 Å². The van der Waals surface area contributed by atoms with Crippen LogP contribution in [0.5, 0.6) is 5.75 Å². The molecule has 0 aliphatic rings. The molecule has 2 N–H and O–H groups in total. The molecule has 114 valence electrons.